The first-order valence-corrected chi connectivity index (χ1v) is 3.84. The molecular weight excluding hydrogens is 148 g/mol. The lowest BCUT2D eigenvalue weighted by Crippen LogP contribution is -2.39. The van der Waals surface area contributed by atoms with Crippen molar-refractivity contribution in [2.24, 2.45) is 0 Å². The summed E-state index contributed by atoms with van der Waals surface area (Å²) in [6, 6.07) is 0. The van der Waals surface area contributed by atoms with E-state index in [0.717, 1.165) is 12.8 Å². The molecule has 4 nitrogen and oxygen atoms in total. The largest absolute Gasteiger partial charge is 0.394 e. The second kappa shape index (κ2) is 4.01. The molecule has 66 valence electrons. The second-order valence-electron chi connectivity index (χ2n) is 2.79. The normalized spacial score (nSPS) is 30.3. The van der Waals surface area contributed by atoms with E-state index in [-0.39, 0.29) is 6.10 Å². The molecule has 1 rings (SSSR count). The first kappa shape index (κ1) is 8.93. The molecule has 11 heavy (non-hydrogen) atoms. The van der Waals surface area contributed by atoms with Crippen molar-refractivity contribution in [1.82, 2.24) is 0 Å². The van der Waals surface area contributed by atoms with E-state index in [1.165, 1.54) is 0 Å². The number of aliphatic hydroxyl groups is 3. The molecule has 0 spiro atoms. The maximum Gasteiger partial charge on any atom is 0.108 e. The van der Waals surface area contributed by atoms with Crippen LogP contribution >= 0.6 is 0 Å². The monoisotopic (exact) mass is 162 g/mol. The van der Waals surface area contributed by atoms with Crippen molar-refractivity contribution in [1.29, 1.82) is 0 Å². The summed E-state index contributed by atoms with van der Waals surface area (Å²) in [5, 5.41) is 26.8. The summed E-state index contributed by atoms with van der Waals surface area (Å²) >= 11 is 0. The summed E-state index contributed by atoms with van der Waals surface area (Å²) in [4.78, 5) is 0. The Balaban J connectivity index is 2.32. The Bertz CT molecular complexity index is 111. The Morgan fingerprint density at radius 2 is 2.18 bits per heavy atom. The third kappa shape index (κ3) is 2.13. The molecule has 4 heteroatoms. The van der Waals surface area contributed by atoms with Gasteiger partial charge in [0, 0.05) is 6.61 Å². The predicted molar refractivity (Wildman–Crippen MR) is 38.1 cm³/mol. The summed E-state index contributed by atoms with van der Waals surface area (Å²) in [5.74, 6) is 0. The van der Waals surface area contributed by atoms with Gasteiger partial charge in [-0.25, -0.2) is 0 Å². The van der Waals surface area contributed by atoms with E-state index in [1.54, 1.807) is 0 Å². The van der Waals surface area contributed by atoms with Crippen LogP contribution in [-0.4, -0.2) is 46.8 Å². The van der Waals surface area contributed by atoms with Gasteiger partial charge >= 0.3 is 0 Å². The van der Waals surface area contributed by atoms with Gasteiger partial charge in [-0.1, -0.05) is 0 Å². The van der Waals surface area contributed by atoms with Gasteiger partial charge in [0.25, 0.3) is 0 Å². The van der Waals surface area contributed by atoms with Crippen LogP contribution in [0.4, 0.5) is 0 Å². The van der Waals surface area contributed by atoms with Gasteiger partial charge in [0.2, 0.25) is 0 Å². The van der Waals surface area contributed by atoms with Crippen molar-refractivity contribution in [2.45, 2.75) is 31.2 Å². The summed E-state index contributed by atoms with van der Waals surface area (Å²) < 4.78 is 5.12. The van der Waals surface area contributed by atoms with Crippen LogP contribution in [0.1, 0.15) is 12.8 Å². The van der Waals surface area contributed by atoms with Crippen LogP contribution in [0.15, 0.2) is 0 Å². The van der Waals surface area contributed by atoms with Crippen LogP contribution in [0, 0.1) is 0 Å². The highest BCUT2D eigenvalue weighted by Crippen LogP contribution is 2.17. The summed E-state index contributed by atoms with van der Waals surface area (Å²) in [6.45, 7) is 0.223. The summed E-state index contributed by atoms with van der Waals surface area (Å²) in [5.41, 5.74) is 0. The fourth-order valence-electron chi connectivity index (χ4n) is 1.23. The second-order valence-corrected chi connectivity index (χ2v) is 2.79. The van der Waals surface area contributed by atoms with Crippen molar-refractivity contribution in [3.8, 4) is 0 Å². The predicted octanol–water partition coefficient (Wildman–Crippen LogP) is -1.12. The van der Waals surface area contributed by atoms with Gasteiger partial charge in [0.1, 0.15) is 12.2 Å². The number of aliphatic hydroxyl groups excluding tert-OH is 3. The fraction of sp³-hybridized carbons (Fsp3) is 1.00. The van der Waals surface area contributed by atoms with E-state index in [1.807, 2.05) is 0 Å². The summed E-state index contributed by atoms with van der Waals surface area (Å²) in [6.07, 6.45) is -0.629. The van der Waals surface area contributed by atoms with Gasteiger partial charge in [-0.15, -0.1) is 0 Å². The molecule has 0 aromatic carbocycles. The van der Waals surface area contributed by atoms with Crippen LogP contribution in [0.2, 0.25) is 0 Å². The molecule has 3 unspecified atom stereocenters. The first-order valence-electron chi connectivity index (χ1n) is 3.84. The molecule has 0 aromatic rings. The van der Waals surface area contributed by atoms with Gasteiger partial charge in [-0.2, -0.15) is 0 Å². The molecule has 0 aliphatic carbocycles. The van der Waals surface area contributed by atoms with Crippen molar-refractivity contribution >= 4 is 0 Å². The third-order valence-corrected chi connectivity index (χ3v) is 1.93. The Labute approximate surface area is 65.4 Å². The van der Waals surface area contributed by atoms with E-state index in [2.05, 4.69) is 0 Å². The van der Waals surface area contributed by atoms with Crippen LogP contribution in [0.25, 0.3) is 0 Å². The Morgan fingerprint density at radius 1 is 1.45 bits per heavy atom. The molecule has 0 radical (unpaired) electrons. The van der Waals surface area contributed by atoms with Gasteiger partial charge in [-0.3, -0.25) is 0 Å². The third-order valence-electron chi connectivity index (χ3n) is 1.93. The van der Waals surface area contributed by atoms with Gasteiger partial charge in [-0.05, 0) is 12.8 Å². The zero-order valence-corrected chi connectivity index (χ0v) is 6.31. The fourth-order valence-corrected chi connectivity index (χ4v) is 1.23. The number of rotatable bonds is 3. The van der Waals surface area contributed by atoms with E-state index >= 15 is 0 Å². The minimum Gasteiger partial charge on any atom is -0.394 e. The quantitative estimate of drug-likeness (QED) is 0.491. The highest BCUT2D eigenvalue weighted by Gasteiger charge is 2.29. The van der Waals surface area contributed by atoms with Crippen molar-refractivity contribution in [2.75, 3.05) is 13.2 Å². The Hall–Kier alpha value is -0.160. The highest BCUT2D eigenvalue weighted by molar-refractivity contribution is 4.78. The standard InChI is InChI=1S/C7H14O4/c8-4-5(9)7(10)6-2-1-3-11-6/h5-10H,1-4H2. The molecule has 3 atom stereocenters. The molecule has 0 bridgehead atoms. The van der Waals surface area contributed by atoms with Crippen molar-refractivity contribution in [3.05, 3.63) is 0 Å². The molecule has 0 aromatic heterocycles. The molecule has 1 saturated heterocycles. The van der Waals surface area contributed by atoms with Gasteiger partial charge in [0.05, 0.1) is 12.7 Å². The van der Waals surface area contributed by atoms with E-state index in [9.17, 15) is 5.11 Å². The minimum atomic E-state index is -1.07. The average Bonchev–Trinajstić information content (AvgIpc) is 2.53. The summed E-state index contributed by atoms with van der Waals surface area (Å²) in [7, 11) is 0. The van der Waals surface area contributed by atoms with Crippen LogP contribution in [-0.2, 0) is 4.74 Å². The molecule has 3 N–H and O–H groups in total. The maximum atomic E-state index is 9.28. The number of ether oxygens (including phenoxy) is 1. The molecule has 1 aliphatic rings. The topological polar surface area (TPSA) is 69.9 Å². The lowest BCUT2D eigenvalue weighted by Gasteiger charge is -2.20. The molecule has 0 saturated carbocycles. The van der Waals surface area contributed by atoms with Crippen LogP contribution in [0.5, 0.6) is 0 Å². The molecule has 0 amide bonds. The molecule has 1 heterocycles. The zero-order chi connectivity index (χ0) is 8.27. The maximum absolute atomic E-state index is 9.28. The first-order chi connectivity index (χ1) is 5.25. The van der Waals surface area contributed by atoms with Gasteiger partial charge < -0.3 is 20.1 Å². The van der Waals surface area contributed by atoms with E-state index in [4.69, 9.17) is 14.9 Å². The molecular formula is C7H14O4. The van der Waals surface area contributed by atoms with E-state index < -0.39 is 18.8 Å². The Kier molecular flexibility index (Phi) is 3.26. The SMILES string of the molecule is OCC(O)C(O)C1CCCO1. The van der Waals surface area contributed by atoms with Crippen LogP contribution in [0.3, 0.4) is 0 Å². The van der Waals surface area contributed by atoms with Gasteiger partial charge in [0.15, 0.2) is 0 Å². The highest BCUT2D eigenvalue weighted by atomic mass is 16.5. The molecule has 1 aliphatic heterocycles. The smallest absolute Gasteiger partial charge is 0.108 e. The zero-order valence-electron chi connectivity index (χ0n) is 6.31. The minimum absolute atomic E-state index is 0.294. The number of hydrogen-bond donors (Lipinski definition) is 3. The van der Waals surface area contributed by atoms with Crippen molar-refractivity contribution in [3.63, 3.8) is 0 Å². The van der Waals surface area contributed by atoms with E-state index in [0.29, 0.717) is 6.61 Å². The van der Waals surface area contributed by atoms with Crippen LogP contribution < -0.4 is 0 Å². The molecule has 1 fully saturated rings. The van der Waals surface area contributed by atoms with Crippen molar-refractivity contribution < 1.29 is 20.1 Å². The Morgan fingerprint density at radius 3 is 2.64 bits per heavy atom. The lowest BCUT2D eigenvalue weighted by molar-refractivity contribution is -0.0828. The number of hydrogen-bond acceptors (Lipinski definition) is 4. The lowest BCUT2D eigenvalue weighted by atomic mass is 10.1. The average molecular weight is 162 g/mol.